The highest BCUT2D eigenvalue weighted by Crippen LogP contribution is 2.22. The van der Waals surface area contributed by atoms with Crippen molar-refractivity contribution < 1.29 is 13.2 Å². The zero-order valence-electron chi connectivity index (χ0n) is 11.8. The van der Waals surface area contributed by atoms with Crippen LogP contribution in [0.1, 0.15) is 43.4 Å². The van der Waals surface area contributed by atoms with Crippen molar-refractivity contribution in [3.63, 3.8) is 0 Å². The molecule has 0 radical (unpaired) electrons. The summed E-state index contributed by atoms with van der Waals surface area (Å²) in [5.74, 6) is -0.603. The van der Waals surface area contributed by atoms with E-state index in [0.29, 0.717) is 18.7 Å². The van der Waals surface area contributed by atoms with Gasteiger partial charge in [-0.3, -0.25) is 9.48 Å². The average Bonchev–Trinajstić information content (AvgIpc) is 2.60. The van der Waals surface area contributed by atoms with E-state index in [1.807, 2.05) is 6.92 Å². The van der Waals surface area contributed by atoms with Gasteiger partial charge in [0.1, 0.15) is 5.69 Å². The first-order chi connectivity index (χ1) is 8.58. The van der Waals surface area contributed by atoms with E-state index in [4.69, 9.17) is 5.73 Å². The first-order valence-corrected chi connectivity index (χ1v) is 8.03. The summed E-state index contributed by atoms with van der Waals surface area (Å²) in [5.41, 5.74) is 6.10. The maximum Gasteiger partial charge on any atom is 0.269 e. The molecule has 0 aliphatic rings. The molecular weight excluding hydrogens is 266 g/mol. The Bertz CT molecular complexity index is 573. The number of hydrogen-bond acceptors (Lipinski definition) is 4. The maximum absolute atomic E-state index is 11.7. The van der Waals surface area contributed by atoms with Crippen LogP contribution in [0, 0.1) is 0 Å². The van der Waals surface area contributed by atoms with Gasteiger partial charge in [0.2, 0.25) is 0 Å². The first kappa shape index (κ1) is 15.7. The highest BCUT2D eigenvalue weighted by molar-refractivity contribution is 7.92. The van der Waals surface area contributed by atoms with E-state index in [2.05, 4.69) is 5.10 Å². The Kier molecular flexibility index (Phi) is 4.39. The maximum atomic E-state index is 11.7. The van der Waals surface area contributed by atoms with E-state index >= 15 is 0 Å². The highest BCUT2D eigenvalue weighted by Gasteiger charge is 2.32. The van der Waals surface area contributed by atoms with E-state index < -0.39 is 20.5 Å². The Morgan fingerprint density at radius 3 is 2.47 bits per heavy atom. The SMILES string of the molecule is CCCn1nc(C(N)=O)cc1CC(C)(C)S(C)(=O)=O. The molecule has 7 heteroatoms. The molecule has 1 aromatic rings. The van der Waals surface area contributed by atoms with Gasteiger partial charge >= 0.3 is 0 Å². The van der Waals surface area contributed by atoms with E-state index in [0.717, 1.165) is 6.42 Å². The fourth-order valence-electron chi connectivity index (χ4n) is 1.69. The Morgan fingerprint density at radius 2 is 2.05 bits per heavy atom. The quantitative estimate of drug-likeness (QED) is 0.835. The number of carbonyl (C=O) groups is 1. The predicted molar refractivity (Wildman–Crippen MR) is 73.7 cm³/mol. The van der Waals surface area contributed by atoms with Crippen LogP contribution in [-0.4, -0.2) is 35.1 Å². The molecule has 0 aromatic carbocycles. The van der Waals surface area contributed by atoms with Gasteiger partial charge in [-0.05, 0) is 26.3 Å². The molecule has 1 aromatic heterocycles. The van der Waals surface area contributed by atoms with Crippen LogP contribution < -0.4 is 5.73 Å². The summed E-state index contributed by atoms with van der Waals surface area (Å²) < 4.78 is 24.2. The van der Waals surface area contributed by atoms with Crippen LogP contribution in [0.15, 0.2) is 6.07 Å². The van der Waals surface area contributed by atoms with Crippen molar-refractivity contribution in [2.45, 2.75) is 44.9 Å². The number of aryl methyl sites for hydroxylation is 1. The number of hydrogen-bond donors (Lipinski definition) is 1. The van der Waals surface area contributed by atoms with Gasteiger partial charge in [-0.25, -0.2) is 8.42 Å². The molecule has 2 N–H and O–H groups in total. The Balaban J connectivity index is 3.16. The zero-order chi connectivity index (χ0) is 14.8. The average molecular weight is 287 g/mol. The molecule has 1 amide bonds. The second-order valence-electron chi connectivity index (χ2n) is 5.32. The number of aromatic nitrogens is 2. The monoisotopic (exact) mass is 287 g/mol. The van der Waals surface area contributed by atoms with Gasteiger partial charge in [0.15, 0.2) is 9.84 Å². The van der Waals surface area contributed by atoms with Crippen molar-refractivity contribution in [1.82, 2.24) is 9.78 Å². The number of rotatable bonds is 6. The molecule has 6 nitrogen and oxygen atoms in total. The summed E-state index contributed by atoms with van der Waals surface area (Å²) in [4.78, 5) is 11.2. The van der Waals surface area contributed by atoms with Crippen molar-refractivity contribution in [2.24, 2.45) is 5.73 Å². The Hall–Kier alpha value is -1.37. The molecule has 0 atom stereocenters. The third-order valence-electron chi connectivity index (χ3n) is 3.16. The predicted octanol–water partition coefficient (Wildman–Crippen LogP) is 0.758. The summed E-state index contributed by atoms with van der Waals surface area (Å²) in [6, 6.07) is 1.57. The molecule has 108 valence electrons. The molecule has 0 aliphatic heterocycles. The van der Waals surface area contributed by atoms with Crippen LogP contribution in [0.5, 0.6) is 0 Å². The van der Waals surface area contributed by atoms with Crippen molar-refractivity contribution in [1.29, 1.82) is 0 Å². The van der Waals surface area contributed by atoms with Gasteiger partial charge in [-0.1, -0.05) is 6.92 Å². The second kappa shape index (κ2) is 5.32. The number of primary amides is 1. The van der Waals surface area contributed by atoms with Crippen LogP contribution >= 0.6 is 0 Å². The molecule has 0 unspecified atom stereocenters. The van der Waals surface area contributed by atoms with E-state index in [1.165, 1.54) is 6.26 Å². The van der Waals surface area contributed by atoms with E-state index in [1.54, 1.807) is 24.6 Å². The fraction of sp³-hybridized carbons (Fsp3) is 0.667. The molecule has 0 saturated heterocycles. The lowest BCUT2D eigenvalue weighted by Crippen LogP contribution is -2.34. The minimum Gasteiger partial charge on any atom is -0.364 e. The number of sulfone groups is 1. The van der Waals surface area contributed by atoms with Crippen molar-refractivity contribution in [3.8, 4) is 0 Å². The smallest absolute Gasteiger partial charge is 0.269 e. The van der Waals surface area contributed by atoms with Crippen molar-refractivity contribution >= 4 is 15.7 Å². The standard InChI is InChI=1S/C12H21N3O3S/c1-5-6-15-9(7-10(14-15)11(13)16)8-12(2,3)19(4,17)18/h7H,5-6,8H2,1-4H3,(H2,13,16). The summed E-state index contributed by atoms with van der Waals surface area (Å²) >= 11 is 0. The lowest BCUT2D eigenvalue weighted by atomic mass is 10.1. The summed E-state index contributed by atoms with van der Waals surface area (Å²) in [6.45, 7) is 5.94. The van der Waals surface area contributed by atoms with Crippen LogP contribution in [-0.2, 0) is 22.8 Å². The molecule has 0 aliphatic carbocycles. The molecule has 1 heterocycles. The number of nitrogens with zero attached hydrogens (tertiary/aromatic N) is 2. The van der Waals surface area contributed by atoms with Gasteiger partial charge in [0.25, 0.3) is 5.91 Å². The lowest BCUT2D eigenvalue weighted by molar-refractivity contribution is 0.0994. The Morgan fingerprint density at radius 1 is 1.47 bits per heavy atom. The zero-order valence-corrected chi connectivity index (χ0v) is 12.6. The summed E-state index contributed by atoms with van der Waals surface area (Å²) in [6.07, 6.45) is 2.35. The second-order valence-corrected chi connectivity index (χ2v) is 7.97. The molecule has 19 heavy (non-hydrogen) atoms. The van der Waals surface area contributed by atoms with Crippen molar-refractivity contribution in [2.75, 3.05) is 6.26 Å². The van der Waals surface area contributed by atoms with Gasteiger partial charge in [0, 0.05) is 24.9 Å². The minimum absolute atomic E-state index is 0.174. The largest absolute Gasteiger partial charge is 0.364 e. The fourth-order valence-corrected chi connectivity index (χ4v) is 2.10. The van der Waals surface area contributed by atoms with Crippen LogP contribution in [0.2, 0.25) is 0 Å². The summed E-state index contributed by atoms with van der Waals surface area (Å²) in [7, 11) is -3.20. The molecule has 0 bridgehead atoms. The normalized spacial score (nSPS) is 12.6. The number of amides is 1. The van der Waals surface area contributed by atoms with Crippen LogP contribution in [0.3, 0.4) is 0 Å². The number of nitrogens with two attached hydrogens (primary N) is 1. The van der Waals surface area contributed by atoms with E-state index in [9.17, 15) is 13.2 Å². The Labute approximate surface area is 113 Å². The molecule has 1 rings (SSSR count). The van der Waals surface area contributed by atoms with Gasteiger partial charge < -0.3 is 5.73 Å². The van der Waals surface area contributed by atoms with Gasteiger partial charge in [0.05, 0.1) is 4.75 Å². The van der Waals surface area contributed by atoms with E-state index in [-0.39, 0.29) is 5.69 Å². The highest BCUT2D eigenvalue weighted by atomic mass is 32.2. The van der Waals surface area contributed by atoms with Crippen molar-refractivity contribution in [3.05, 3.63) is 17.5 Å². The van der Waals surface area contributed by atoms with Crippen LogP contribution in [0.25, 0.3) is 0 Å². The first-order valence-electron chi connectivity index (χ1n) is 6.14. The lowest BCUT2D eigenvalue weighted by Gasteiger charge is -2.22. The summed E-state index contributed by atoms with van der Waals surface area (Å²) in [5, 5.41) is 4.11. The molecule has 0 spiro atoms. The molecular formula is C12H21N3O3S. The van der Waals surface area contributed by atoms with Gasteiger partial charge in [-0.15, -0.1) is 0 Å². The minimum atomic E-state index is -3.20. The third-order valence-corrected chi connectivity index (χ3v) is 5.31. The number of carbonyl (C=O) groups excluding carboxylic acids is 1. The van der Waals surface area contributed by atoms with Crippen LogP contribution in [0.4, 0.5) is 0 Å². The molecule has 0 saturated carbocycles. The third kappa shape index (κ3) is 3.56. The topological polar surface area (TPSA) is 95.1 Å². The van der Waals surface area contributed by atoms with Gasteiger partial charge in [-0.2, -0.15) is 5.10 Å². The molecule has 0 fully saturated rings.